The lowest BCUT2D eigenvalue weighted by atomic mass is 10.1. The van der Waals surface area contributed by atoms with E-state index in [9.17, 15) is 0 Å². The van der Waals surface area contributed by atoms with E-state index >= 15 is 0 Å². The van der Waals surface area contributed by atoms with Crippen LogP contribution < -0.4 is 0 Å². The van der Waals surface area contributed by atoms with E-state index < -0.39 is 0 Å². The number of fused-ring (bicyclic) bond motifs is 1. The minimum absolute atomic E-state index is 0.888. The maximum absolute atomic E-state index is 4.69. The van der Waals surface area contributed by atoms with Crippen molar-refractivity contribution < 1.29 is 0 Å². The molecule has 0 atom stereocenters. The Bertz CT molecular complexity index is 764. The van der Waals surface area contributed by atoms with Crippen LogP contribution >= 0.6 is 0 Å². The predicted octanol–water partition coefficient (Wildman–Crippen LogP) is 4.77. The molecule has 3 rings (SSSR count). The van der Waals surface area contributed by atoms with Crippen molar-refractivity contribution in [3.63, 3.8) is 0 Å². The van der Waals surface area contributed by atoms with Crippen LogP contribution in [0.3, 0.4) is 0 Å². The molecular formula is C21H27N4. The Kier molecular flexibility index (Phi) is 6.55. The summed E-state index contributed by atoms with van der Waals surface area (Å²) in [5, 5.41) is 5.39. The summed E-state index contributed by atoms with van der Waals surface area (Å²) in [6.07, 6.45) is 14.2. The van der Waals surface area contributed by atoms with Crippen LogP contribution in [0.1, 0.15) is 56.8 Å². The smallest absolute Gasteiger partial charge is 0.162 e. The Morgan fingerprint density at radius 3 is 2.64 bits per heavy atom. The molecule has 0 fully saturated rings. The Hall–Kier alpha value is -2.23. The van der Waals surface area contributed by atoms with Crippen molar-refractivity contribution in [2.75, 3.05) is 0 Å². The standard InChI is InChI=1S/C21H27N4/c1-2-3-14-20-22-16-19-17-23-25(21(19)24-20)15-10-5-4-7-11-18-12-8-6-9-13-18/h6,8-9,12-13,17H,2-5,7,10-11,14-15H2,1H3. The van der Waals surface area contributed by atoms with Gasteiger partial charge in [-0.3, -0.25) is 0 Å². The zero-order chi connectivity index (χ0) is 17.3. The van der Waals surface area contributed by atoms with Crippen molar-refractivity contribution in [1.29, 1.82) is 0 Å². The summed E-state index contributed by atoms with van der Waals surface area (Å²) in [4.78, 5) is 9.00. The van der Waals surface area contributed by atoms with E-state index in [4.69, 9.17) is 0 Å². The third-order valence-corrected chi connectivity index (χ3v) is 4.53. The van der Waals surface area contributed by atoms with Gasteiger partial charge < -0.3 is 0 Å². The second-order valence-electron chi connectivity index (χ2n) is 6.61. The van der Waals surface area contributed by atoms with Crippen molar-refractivity contribution in [2.24, 2.45) is 0 Å². The summed E-state index contributed by atoms with van der Waals surface area (Å²) >= 11 is 0. The van der Waals surface area contributed by atoms with Gasteiger partial charge in [0.15, 0.2) is 5.65 Å². The van der Waals surface area contributed by atoms with Crippen LogP contribution in [0.4, 0.5) is 0 Å². The molecule has 0 saturated heterocycles. The summed E-state index contributed by atoms with van der Waals surface area (Å²) in [6.45, 7) is 3.11. The van der Waals surface area contributed by atoms with Gasteiger partial charge in [-0.25, -0.2) is 14.6 Å². The van der Waals surface area contributed by atoms with Crippen LogP contribution in [0.25, 0.3) is 11.0 Å². The van der Waals surface area contributed by atoms with E-state index in [1.807, 2.05) is 10.9 Å². The average Bonchev–Trinajstić information content (AvgIpc) is 3.06. The van der Waals surface area contributed by atoms with Gasteiger partial charge in [0, 0.05) is 13.0 Å². The molecule has 0 unspecified atom stereocenters. The largest absolute Gasteiger partial charge is 0.247 e. The number of aryl methyl sites for hydroxylation is 3. The van der Waals surface area contributed by atoms with E-state index in [0.717, 1.165) is 49.1 Å². The molecule has 0 N–H and O–H groups in total. The quantitative estimate of drug-likeness (QED) is 0.501. The molecule has 2 heterocycles. The molecule has 2 aromatic heterocycles. The fourth-order valence-corrected chi connectivity index (χ4v) is 3.05. The Morgan fingerprint density at radius 1 is 0.960 bits per heavy atom. The van der Waals surface area contributed by atoms with Crippen molar-refractivity contribution in [3.8, 4) is 0 Å². The summed E-state index contributed by atoms with van der Waals surface area (Å²) in [6, 6.07) is 10.7. The maximum Gasteiger partial charge on any atom is 0.162 e. The second-order valence-corrected chi connectivity index (χ2v) is 6.61. The van der Waals surface area contributed by atoms with E-state index in [-0.39, 0.29) is 0 Å². The molecule has 1 aromatic carbocycles. The van der Waals surface area contributed by atoms with Crippen molar-refractivity contribution in [1.82, 2.24) is 19.7 Å². The van der Waals surface area contributed by atoms with Crippen molar-refractivity contribution in [3.05, 3.63) is 54.1 Å². The van der Waals surface area contributed by atoms with Crippen molar-refractivity contribution >= 4 is 11.0 Å². The van der Waals surface area contributed by atoms with Gasteiger partial charge in [0.05, 0.1) is 11.6 Å². The molecule has 0 saturated carbocycles. The molecule has 1 radical (unpaired) electrons. The highest BCUT2D eigenvalue weighted by atomic mass is 15.3. The van der Waals surface area contributed by atoms with Crippen molar-refractivity contribution in [2.45, 2.75) is 64.8 Å². The van der Waals surface area contributed by atoms with Crippen LogP contribution in [-0.2, 0) is 19.4 Å². The molecular weight excluding hydrogens is 308 g/mol. The van der Waals surface area contributed by atoms with Gasteiger partial charge in [-0.1, -0.05) is 56.5 Å². The van der Waals surface area contributed by atoms with E-state index in [2.05, 4.69) is 58.5 Å². The predicted molar refractivity (Wildman–Crippen MR) is 101 cm³/mol. The fourth-order valence-electron chi connectivity index (χ4n) is 3.05. The SMILES string of the molecule is CCCCc1n[c]c2cnn(CCCCCCc3ccccc3)c2n1. The molecule has 0 aliphatic carbocycles. The monoisotopic (exact) mass is 335 g/mol. The molecule has 4 nitrogen and oxygen atoms in total. The first-order valence-electron chi connectivity index (χ1n) is 9.51. The number of hydrogen-bond donors (Lipinski definition) is 0. The zero-order valence-corrected chi connectivity index (χ0v) is 15.1. The lowest BCUT2D eigenvalue weighted by Crippen LogP contribution is -2.03. The Morgan fingerprint density at radius 2 is 1.80 bits per heavy atom. The highest BCUT2D eigenvalue weighted by Crippen LogP contribution is 2.13. The molecule has 25 heavy (non-hydrogen) atoms. The minimum Gasteiger partial charge on any atom is -0.247 e. The molecule has 0 aliphatic rings. The summed E-state index contributed by atoms with van der Waals surface area (Å²) < 4.78 is 2.01. The fraction of sp³-hybridized carbons (Fsp3) is 0.476. The Labute approximate surface area is 150 Å². The third kappa shape index (κ3) is 5.12. The first-order chi connectivity index (χ1) is 12.4. The molecule has 3 aromatic rings. The minimum atomic E-state index is 0.888. The molecule has 0 spiro atoms. The van der Waals surface area contributed by atoms with Gasteiger partial charge in [0.25, 0.3) is 0 Å². The lowest BCUT2D eigenvalue weighted by Gasteiger charge is -2.05. The van der Waals surface area contributed by atoms with Gasteiger partial charge in [-0.05, 0) is 31.2 Å². The van der Waals surface area contributed by atoms with Crippen LogP contribution in [0.2, 0.25) is 0 Å². The van der Waals surface area contributed by atoms with Gasteiger partial charge >= 0.3 is 0 Å². The molecule has 0 aliphatic heterocycles. The maximum atomic E-state index is 4.69. The van der Waals surface area contributed by atoms with E-state index in [1.165, 1.54) is 31.2 Å². The third-order valence-electron chi connectivity index (χ3n) is 4.53. The lowest BCUT2D eigenvalue weighted by molar-refractivity contribution is 0.543. The van der Waals surface area contributed by atoms with E-state index in [1.54, 1.807) is 0 Å². The normalized spacial score (nSPS) is 11.2. The number of rotatable bonds is 10. The van der Waals surface area contributed by atoms with Gasteiger partial charge in [-0.2, -0.15) is 5.10 Å². The van der Waals surface area contributed by atoms with Crippen LogP contribution in [0, 0.1) is 6.20 Å². The summed E-state index contributed by atoms with van der Waals surface area (Å²) in [5.41, 5.74) is 2.37. The van der Waals surface area contributed by atoms with Gasteiger partial charge in [0.2, 0.25) is 0 Å². The number of unbranched alkanes of at least 4 members (excludes halogenated alkanes) is 4. The molecule has 0 amide bonds. The highest BCUT2D eigenvalue weighted by Gasteiger charge is 2.07. The Balaban J connectivity index is 1.44. The molecule has 131 valence electrons. The average molecular weight is 335 g/mol. The van der Waals surface area contributed by atoms with Crippen LogP contribution in [-0.4, -0.2) is 19.7 Å². The summed E-state index contributed by atoms with van der Waals surface area (Å²) in [5.74, 6) is 0.888. The highest BCUT2D eigenvalue weighted by molar-refractivity contribution is 5.72. The summed E-state index contributed by atoms with van der Waals surface area (Å²) in [7, 11) is 0. The van der Waals surface area contributed by atoms with Gasteiger partial charge in [-0.15, -0.1) is 0 Å². The van der Waals surface area contributed by atoms with Crippen LogP contribution in [0.15, 0.2) is 36.5 Å². The molecule has 0 bridgehead atoms. The van der Waals surface area contributed by atoms with Crippen LogP contribution in [0.5, 0.6) is 0 Å². The second kappa shape index (κ2) is 9.30. The van der Waals surface area contributed by atoms with E-state index in [0.29, 0.717) is 0 Å². The number of benzene rings is 1. The first kappa shape index (κ1) is 17.6. The first-order valence-corrected chi connectivity index (χ1v) is 9.51. The molecule has 4 heteroatoms. The number of nitrogens with zero attached hydrogens (tertiary/aromatic N) is 4. The topological polar surface area (TPSA) is 43.6 Å². The zero-order valence-electron chi connectivity index (χ0n) is 15.1. The number of hydrogen-bond acceptors (Lipinski definition) is 3. The number of aromatic nitrogens is 4. The van der Waals surface area contributed by atoms with Gasteiger partial charge in [0.1, 0.15) is 12.0 Å².